The van der Waals surface area contributed by atoms with Gasteiger partial charge in [-0.1, -0.05) is 0 Å². The summed E-state index contributed by atoms with van der Waals surface area (Å²) in [5.74, 6) is -1.50. The average molecular weight is 339 g/mol. The lowest BCUT2D eigenvalue weighted by Gasteiger charge is -2.02. The van der Waals surface area contributed by atoms with Crippen molar-refractivity contribution < 1.29 is 19.4 Å². The van der Waals surface area contributed by atoms with Crippen LogP contribution < -0.4 is 0 Å². The van der Waals surface area contributed by atoms with Crippen molar-refractivity contribution in [3.05, 3.63) is 71.2 Å². The van der Waals surface area contributed by atoms with Crippen LogP contribution in [0.2, 0.25) is 0 Å². The Kier molecular flexibility index (Phi) is 4.30. The molecule has 0 bridgehead atoms. The van der Waals surface area contributed by atoms with Crippen molar-refractivity contribution in [2.45, 2.75) is 6.92 Å². The second-order valence-corrected chi connectivity index (χ2v) is 5.32. The van der Waals surface area contributed by atoms with E-state index in [4.69, 9.17) is 5.11 Å². The fourth-order valence-corrected chi connectivity index (χ4v) is 2.27. The summed E-state index contributed by atoms with van der Waals surface area (Å²) in [4.78, 5) is 15.1. The number of aryl methyl sites for hydroxylation is 1. The molecule has 0 aliphatic heterocycles. The van der Waals surface area contributed by atoms with Gasteiger partial charge in [-0.05, 0) is 55.5 Å². The molecule has 0 radical (unpaired) electrons. The zero-order valence-corrected chi connectivity index (χ0v) is 13.2. The number of carboxylic acids is 1. The lowest BCUT2D eigenvalue weighted by Crippen LogP contribution is -1.96. The summed E-state index contributed by atoms with van der Waals surface area (Å²) in [7, 11) is 0. The van der Waals surface area contributed by atoms with Gasteiger partial charge in [-0.3, -0.25) is 4.99 Å². The minimum absolute atomic E-state index is 0.116. The van der Waals surface area contributed by atoms with Gasteiger partial charge >= 0.3 is 5.97 Å². The highest BCUT2D eigenvalue weighted by Crippen LogP contribution is 2.24. The summed E-state index contributed by atoms with van der Waals surface area (Å²) in [6.45, 7) is 1.72. The molecule has 6 nitrogen and oxygen atoms in total. The highest BCUT2D eigenvalue weighted by atomic mass is 19.1. The summed E-state index contributed by atoms with van der Waals surface area (Å²) in [5.41, 5.74) is 2.20. The maximum Gasteiger partial charge on any atom is 0.335 e. The summed E-state index contributed by atoms with van der Waals surface area (Å²) in [5, 5.41) is 23.5. The van der Waals surface area contributed by atoms with Crippen molar-refractivity contribution in [1.82, 2.24) is 9.78 Å². The first-order valence-electron chi connectivity index (χ1n) is 7.37. The van der Waals surface area contributed by atoms with Crippen LogP contribution in [0.5, 0.6) is 5.88 Å². The van der Waals surface area contributed by atoms with Gasteiger partial charge < -0.3 is 10.2 Å². The molecule has 0 amide bonds. The van der Waals surface area contributed by atoms with Gasteiger partial charge in [0.15, 0.2) is 0 Å². The molecular weight excluding hydrogens is 325 g/mol. The van der Waals surface area contributed by atoms with E-state index in [0.717, 1.165) is 0 Å². The minimum atomic E-state index is -1.01. The van der Waals surface area contributed by atoms with Crippen molar-refractivity contribution in [3.8, 4) is 11.6 Å². The maximum absolute atomic E-state index is 13.0. The van der Waals surface area contributed by atoms with Crippen LogP contribution in [0.4, 0.5) is 10.1 Å². The van der Waals surface area contributed by atoms with E-state index in [9.17, 15) is 14.3 Å². The maximum atomic E-state index is 13.0. The van der Waals surface area contributed by atoms with E-state index in [0.29, 0.717) is 22.6 Å². The molecular formula is C18H14FN3O3. The quantitative estimate of drug-likeness (QED) is 0.713. The molecule has 7 heteroatoms. The molecule has 0 atom stereocenters. The molecule has 126 valence electrons. The van der Waals surface area contributed by atoms with E-state index in [-0.39, 0.29) is 17.3 Å². The van der Waals surface area contributed by atoms with Gasteiger partial charge in [0.25, 0.3) is 0 Å². The first-order valence-corrected chi connectivity index (χ1v) is 7.37. The number of aromatic hydroxyl groups is 1. The molecule has 2 aromatic carbocycles. The standard InChI is InChI=1S/C18H14FN3O3/c1-11-16(10-20-14-6-2-12(3-7-14)18(24)25)17(23)22(21-11)15-8-4-13(19)5-9-15/h2-10,23H,1H3,(H,24,25). The molecule has 1 heterocycles. The molecule has 0 saturated carbocycles. The van der Waals surface area contributed by atoms with Crippen molar-refractivity contribution in [2.75, 3.05) is 0 Å². The Morgan fingerprint density at radius 2 is 1.80 bits per heavy atom. The van der Waals surface area contributed by atoms with Gasteiger partial charge in [0.1, 0.15) is 5.82 Å². The van der Waals surface area contributed by atoms with Crippen LogP contribution in [0.3, 0.4) is 0 Å². The Hall–Kier alpha value is -3.48. The molecule has 0 saturated heterocycles. The van der Waals surface area contributed by atoms with E-state index in [1.165, 1.54) is 47.3 Å². The van der Waals surface area contributed by atoms with Gasteiger partial charge in [-0.15, -0.1) is 0 Å². The number of carboxylic acid groups (broad SMARTS) is 1. The number of carbonyl (C=O) groups is 1. The molecule has 0 unspecified atom stereocenters. The molecule has 0 aliphatic carbocycles. The van der Waals surface area contributed by atoms with E-state index in [1.54, 1.807) is 19.1 Å². The van der Waals surface area contributed by atoms with Crippen LogP contribution in [0, 0.1) is 12.7 Å². The van der Waals surface area contributed by atoms with Gasteiger partial charge in [0.2, 0.25) is 5.88 Å². The fourth-order valence-electron chi connectivity index (χ4n) is 2.27. The smallest absolute Gasteiger partial charge is 0.335 e. The third kappa shape index (κ3) is 3.40. The Morgan fingerprint density at radius 1 is 1.16 bits per heavy atom. The Morgan fingerprint density at radius 3 is 2.40 bits per heavy atom. The topological polar surface area (TPSA) is 87.7 Å². The number of nitrogens with zero attached hydrogens (tertiary/aromatic N) is 3. The lowest BCUT2D eigenvalue weighted by molar-refractivity contribution is 0.0697. The van der Waals surface area contributed by atoms with Gasteiger partial charge in [0.05, 0.1) is 28.2 Å². The zero-order chi connectivity index (χ0) is 18.0. The van der Waals surface area contributed by atoms with Crippen LogP contribution in [0.25, 0.3) is 5.69 Å². The molecule has 3 rings (SSSR count). The normalized spacial score (nSPS) is 11.1. The van der Waals surface area contributed by atoms with Crippen LogP contribution in [-0.4, -0.2) is 32.2 Å². The van der Waals surface area contributed by atoms with Crippen molar-refractivity contribution in [3.63, 3.8) is 0 Å². The molecule has 25 heavy (non-hydrogen) atoms. The van der Waals surface area contributed by atoms with E-state index >= 15 is 0 Å². The highest BCUT2D eigenvalue weighted by Gasteiger charge is 2.14. The number of rotatable bonds is 4. The fraction of sp³-hybridized carbons (Fsp3) is 0.0556. The largest absolute Gasteiger partial charge is 0.493 e. The lowest BCUT2D eigenvalue weighted by atomic mass is 10.2. The molecule has 3 aromatic rings. The highest BCUT2D eigenvalue weighted by molar-refractivity contribution is 5.89. The summed E-state index contributed by atoms with van der Waals surface area (Å²) in [6.07, 6.45) is 1.45. The van der Waals surface area contributed by atoms with Gasteiger partial charge in [-0.25, -0.2) is 13.9 Å². The summed E-state index contributed by atoms with van der Waals surface area (Å²) in [6, 6.07) is 11.6. The van der Waals surface area contributed by atoms with Crippen LogP contribution in [0.1, 0.15) is 21.6 Å². The van der Waals surface area contributed by atoms with Crippen molar-refractivity contribution in [1.29, 1.82) is 0 Å². The monoisotopic (exact) mass is 339 g/mol. The first kappa shape index (κ1) is 16.4. The second kappa shape index (κ2) is 6.56. The third-order valence-electron chi connectivity index (χ3n) is 3.61. The zero-order valence-electron chi connectivity index (χ0n) is 13.2. The predicted molar refractivity (Wildman–Crippen MR) is 90.6 cm³/mol. The van der Waals surface area contributed by atoms with E-state index in [2.05, 4.69) is 10.1 Å². The minimum Gasteiger partial charge on any atom is -0.493 e. The number of hydrogen-bond acceptors (Lipinski definition) is 4. The summed E-state index contributed by atoms with van der Waals surface area (Å²) < 4.78 is 14.3. The Balaban J connectivity index is 1.90. The molecule has 0 fully saturated rings. The molecule has 1 aromatic heterocycles. The SMILES string of the molecule is Cc1nn(-c2ccc(F)cc2)c(O)c1C=Nc1ccc(C(=O)O)cc1. The first-order chi connectivity index (χ1) is 12.0. The molecule has 0 spiro atoms. The number of aromatic carboxylic acids is 1. The summed E-state index contributed by atoms with van der Waals surface area (Å²) >= 11 is 0. The van der Waals surface area contributed by atoms with Crippen LogP contribution >= 0.6 is 0 Å². The van der Waals surface area contributed by atoms with E-state index < -0.39 is 5.97 Å². The number of benzene rings is 2. The number of aromatic nitrogens is 2. The molecule has 2 N–H and O–H groups in total. The second-order valence-electron chi connectivity index (χ2n) is 5.32. The molecule has 0 aliphatic rings. The Labute approximate surface area is 142 Å². The number of hydrogen-bond donors (Lipinski definition) is 2. The van der Waals surface area contributed by atoms with Gasteiger partial charge in [0, 0.05) is 6.21 Å². The third-order valence-corrected chi connectivity index (χ3v) is 3.61. The Bertz CT molecular complexity index is 945. The predicted octanol–water partition coefficient (Wildman–Crippen LogP) is 3.47. The van der Waals surface area contributed by atoms with E-state index in [1.807, 2.05) is 0 Å². The van der Waals surface area contributed by atoms with Gasteiger partial charge in [-0.2, -0.15) is 5.10 Å². The number of halogens is 1. The van der Waals surface area contributed by atoms with Crippen molar-refractivity contribution >= 4 is 17.9 Å². The van der Waals surface area contributed by atoms with Crippen LogP contribution in [0.15, 0.2) is 53.5 Å². The number of aliphatic imine (C=N–C) groups is 1. The average Bonchev–Trinajstić information content (AvgIpc) is 2.88. The van der Waals surface area contributed by atoms with Crippen molar-refractivity contribution in [2.24, 2.45) is 4.99 Å². The van der Waals surface area contributed by atoms with Crippen LogP contribution in [-0.2, 0) is 0 Å².